The molecule has 1 nitrogen and oxygen atoms in total. The zero-order valence-electron chi connectivity index (χ0n) is 5.81. The van der Waals surface area contributed by atoms with Crippen molar-refractivity contribution in [3.8, 4) is 0 Å². The number of hydrogen-bond donors (Lipinski definition) is 0. The molecule has 0 aromatic carbocycles. The second-order valence-electron chi connectivity index (χ2n) is 3.21. The molecule has 1 aliphatic carbocycles. The smallest absolute Gasteiger partial charge is 0.113 e. The van der Waals surface area contributed by atoms with Gasteiger partial charge in [0.05, 0.1) is 6.10 Å². The van der Waals surface area contributed by atoms with E-state index in [1.165, 1.54) is 24.8 Å². The molecule has 0 aromatic rings. The third-order valence-corrected chi connectivity index (χ3v) is 2.59. The maximum absolute atomic E-state index is 5.48. The van der Waals surface area contributed by atoms with Crippen molar-refractivity contribution in [2.24, 2.45) is 0 Å². The quantitative estimate of drug-likeness (QED) is 0.355. The first-order valence-electron chi connectivity index (χ1n) is 3.59. The normalized spacial score (nSPS) is 48.6. The number of fused-ring (bicyclic) bond motifs is 1. The lowest BCUT2D eigenvalue weighted by Crippen LogP contribution is -2.17. The van der Waals surface area contributed by atoms with Crippen molar-refractivity contribution in [1.29, 1.82) is 0 Å². The minimum Gasteiger partial charge on any atom is -0.362 e. The Labute approximate surface area is 55.7 Å². The van der Waals surface area contributed by atoms with Crippen molar-refractivity contribution < 1.29 is 4.74 Å². The number of hydrogen-bond acceptors (Lipinski definition) is 1. The van der Waals surface area contributed by atoms with E-state index in [0.29, 0.717) is 6.10 Å². The molecule has 2 fully saturated rings. The molecule has 0 radical (unpaired) electrons. The predicted octanol–water partition coefficient (Wildman–Crippen LogP) is 1.88. The van der Waals surface area contributed by atoms with Crippen LogP contribution < -0.4 is 0 Å². The minimum absolute atomic E-state index is 0.109. The molecule has 0 N–H and O–H groups in total. The maximum Gasteiger partial charge on any atom is 0.113 e. The van der Waals surface area contributed by atoms with Gasteiger partial charge >= 0.3 is 0 Å². The van der Waals surface area contributed by atoms with Crippen LogP contribution in [0, 0.1) is 0 Å². The highest BCUT2D eigenvalue weighted by molar-refractivity contribution is 5.25. The van der Waals surface area contributed by atoms with E-state index in [0.717, 1.165) is 0 Å². The van der Waals surface area contributed by atoms with E-state index in [9.17, 15) is 0 Å². The van der Waals surface area contributed by atoms with Crippen LogP contribution in [0.25, 0.3) is 0 Å². The van der Waals surface area contributed by atoms with E-state index in [2.05, 4.69) is 13.5 Å². The molecule has 50 valence electrons. The van der Waals surface area contributed by atoms with Crippen LogP contribution in [0.4, 0.5) is 0 Å². The van der Waals surface area contributed by atoms with Gasteiger partial charge in [-0.05, 0) is 31.8 Å². The fourth-order valence-electron chi connectivity index (χ4n) is 1.66. The summed E-state index contributed by atoms with van der Waals surface area (Å²) >= 11 is 0. The summed E-state index contributed by atoms with van der Waals surface area (Å²) in [6.07, 6.45) is 4.22. The van der Waals surface area contributed by atoms with Gasteiger partial charge in [-0.3, -0.25) is 0 Å². The molecule has 2 unspecified atom stereocenters. The van der Waals surface area contributed by atoms with Crippen LogP contribution in [-0.2, 0) is 4.74 Å². The summed E-state index contributed by atoms with van der Waals surface area (Å²) in [6.45, 7) is 6.14. The number of epoxide rings is 1. The van der Waals surface area contributed by atoms with Crippen LogP contribution in [0.1, 0.15) is 26.2 Å². The SMILES string of the molecule is C=C1CCCC2OC12C. The molecular formula is C8H12O. The Balaban J connectivity index is 2.19. The average Bonchev–Trinajstić information content (AvgIpc) is 2.44. The first kappa shape index (κ1) is 5.48. The molecule has 1 aliphatic heterocycles. The Morgan fingerprint density at radius 1 is 1.78 bits per heavy atom. The van der Waals surface area contributed by atoms with Crippen molar-refractivity contribution >= 4 is 0 Å². The van der Waals surface area contributed by atoms with Gasteiger partial charge in [0.2, 0.25) is 0 Å². The van der Waals surface area contributed by atoms with Gasteiger partial charge in [0, 0.05) is 0 Å². The molecule has 0 spiro atoms. The van der Waals surface area contributed by atoms with Gasteiger partial charge < -0.3 is 4.74 Å². The fraction of sp³-hybridized carbons (Fsp3) is 0.750. The van der Waals surface area contributed by atoms with Crippen LogP contribution in [0.5, 0.6) is 0 Å². The van der Waals surface area contributed by atoms with E-state index in [1.54, 1.807) is 0 Å². The van der Waals surface area contributed by atoms with E-state index in [-0.39, 0.29) is 5.60 Å². The molecule has 1 saturated carbocycles. The van der Waals surface area contributed by atoms with Crippen LogP contribution >= 0.6 is 0 Å². The highest BCUT2D eigenvalue weighted by atomic mass is 16.6. The first-order valence-corrected chi connectivity index (χ1v) is 3.59. The standard InChI is InChI=1S/C8H12O/c1-6-4-3-5-7-8(6,2)9-7/h7H,1,3-5H2,2H3. The van der Waals surface area contributed by atoms with Gasteiger partial charge in [-0.15, -0.1) is 0 Å². The fourth-order valence-corrected chi connectivity index (χ4v) is 1.66. The van der Waals surface area contributed by atoms with Crippen LogP contribution in [0.2, 0.25) is 0 Å². The van der Waals surface area contributed by atoms with Gasteiger partial charge in [-0.1, -0.05) is 6.58 Å². The highest BCUT2D eigenvalue weighted by Gasteiger charge is 2.55. The lowest BCUT2D eigenvalue weighted by molar-refractivity contribution is 0.338. The molecule has 1 heteroatoms. The molecular weight excluding hydrogens is 112 g/mol. The second-order valence-corrected chi connectivity index (χ2v) is 3.21. The molecule has 2 rings (SSSR count). The van der Waals surface area contributed by atoms with Gasteiger partial charge in [0.15, 0.2) is 0 Å². The topological polar surface area (TPSA) is 12.5 Å². The third-order valence-electron chi connectivity index (χ3n) is 2.59. The summed E-state index contributed by atoms with van der Waals surface area (Å²) in [6, 6.07) is 0. The molecule has 0 aromatic heterocycles. The van der Waals surface area contributed by atoms with E-state index < -0.39 is 0 Å². The average molecular weight is 124 g/mol. The van der Waals surface area contributed by atoms with Gasteiger partial charge in [-0.2, -0.15) is 0 Å². The van der Waals surface area contributed by atoms with Gasteiger partial charge in [0.1, 0.15) is 5.60 Å². The molecule has 2 atom stereocenters. The van der Waals surface area contributed by atoms with Crippen molar-refractivity contribution in [2.75, 3.05) is 0 Å². The third kappa shape index (κ3) is 0.584. The molecule has 0 bridgehead atoms. The summed E-state index contributed by atoms with van der Waals surface area (Å²) in [5, 5.41) is 0. The van der Waals surface area contributed by atoms with E-state index in [4.69, 9.17) is 4.74 Å². The molecule has 0 amide bonds. The zero-order valence-corrected chi connectivity index (χ0v) is 5.81. The van der Waals surface area contributed by atoms with E-state index in [1.807, 2.05) is 0 Å². The van der Waals surface area contributed by atoms with Gasteiger partial charge in [0.25, 0.3) is 0 Å². The number of rotatable bonds is 0. The van der Waals surface area contributed by atoms with Crippen molar-refractivity contribution in [1.82, 2.24) is 0 Å². The first-order chi connectivity index (χ1) is 4.23. The van der Waals surface area contributed by atoms with E-state index >= 15 is 0 Å². The lowest BCUT2D eigenvalue weighted by Gasteiger charge is -2.14. The molecule has 9 heavy (non-hydrogen) atoms. The minimum atomic E-state index is 0.109. The molecule has 1 heterocycles. The van der Waals surface area contributed by atoms with Crippen molar-refractivity contribution in [3.05, 3.63) is 12.2 Å². The molecule has 1 saturated heterocycles. The summed E-state index contributed by atoms with van der Waals surface area (Å²) in [7, 11) is 0. The Kier molecular flexibility index (Phi) is 0.854. The Bertz CT molecular complexity index is 162. The van der Waals surface area contributed by atoms with Crippen molar-refractivity contribution in [2.45, 2.75) is 37.9 Å². The van der Waals surface area contributed by atoms with Crippen LogP contribution in [0.3, 0.4) is 0 Å². The number of ether oxygens (including phenoxy) is 1. The summed E-state index contributed by atoms with van der Waals surface area (Å²) in [5.74, 6) is 0. The van der Waals surface area contributed by atoms with Crippen LogP contribution in [-0.4, -0.2) is 11.7 Å². The molecule has 2 aliphatic rings. The summed E-state index contributed by atoms with van der Waals surface area (Å²) in [4.78, 5) is 0. The second kappa shape index (κ2) is 1.40. The van der Waals surface area contributed by atoms with Crippen LogP contribution in [0.15, 0.2) is 12.2 Å². The Morgan fingerprint density at radius 2 is 2.56 bits per heavy atom. The Morgan fingerprint density at radius 3 is 3.11 bits per heavy atom. The summed E-state index contributed by atoms with van der Waals surface area (Å²) in [5.41, 5.74) is 1.41. The zero-order chi connectivity index (χ0) is 6.48. The highest BCUT2D eigenvalue weighted by Crippen LogP contribution is 2.49. The van der Waals surface area contributed by atoms with Gasteiger partial charge in [-0.25, -0.2) is 0 Å². The maximum atomic E-state index is 5.48. The Hall–Kier alpha value is -0.300. The largest absolute Gasteiger partial charge is 0.362 e. The monoisotopic (exact) mass is 124 g/mol. The lowest BCUT2D eigenvalue weighted by atomic mass is 9.87. The predicted molar refractivity (Wildman–Crippen MR) is 36.3 cm³/mol. The summed E-state index contributed by atoms with van der Waals surface area (Å²) < 4.78 is 5.48. The van der Waals surface area contributed by atoms with Crippen molar-refractivity contribution in [3.63, 3.8) is 0 Å².